The van der Waals surface area contributed by atoms with Gasteiger partial charge in [-0.15, -0.1) is 0 Å². The van der Waals surface area contributed by atoms with E-state index in [1.807, 2.05) is 0 Å². The van der Waals surface area contributed by atoms with Crippen LogP contribution in [0.15, 0.2) is 164 Å². The van der Waals surface area contributed by atoms with Crippen molar-refractivity contribution in [3.63, 3.8) is 0 Å². The lowest BCUT2D eigenvalue weighted by molar-refractivity contribution is 1.32. The molecule has 0 N–H and O–H groups in total. The quantitative estimate of drug-likeness (QED) is 0.187. The van der Waals surface area contributed by atoms with E-state index < -0.39 is 0 Å². The third-order valence-electron chi connectivity index (χ3n) is 9.60. The first-order valence-corrected chi connectivity index (χ1v) is 16.3. The molecular formula is C45H27N3. The Morgan fingerprint density at radius 1 is 0.292 bits per heavy atom. The molecule has 0 fully saturated rings. The molecular weight excluding hydrogens is 583 g/mol. The van der Waals surface area contributed by atoms with Crippen molar-refractivity contribution in [1.29, 1.82) is 0 Å². The molecule has 0 aliphatic carbocycles. The minimum Gasteiger partial charge on any atom is -0.248 e. The van der Waals surface area contributed by atoms with E-state index in [0.717, 1.165) is 71.9 Å². The summed E-state index contributed by atoms with van der Waals surface area (Å²) in [4.78, 5) is 15.2. The molecule has 48 heavy (non-hydrogen) atoms. The van der Waals surface area contributed by atoms with E-state index >= 15 is 0 Å². The van der Waals surface area contributed by atoms with Crippen molar-refractivity contribution in [1.82, 2.24) is 15.0 Å². The number of pyridine rings is 3. The van der Waals surface area contributed by atoms with E-state index in [1.54, 1.807) is 0 Å². The van der Waals surface area contributed by atoms with Gasteiger partial charge in [0, 0.05) is 27.1 Å². The Morgan fingerprint density at radius 3 is 1.56 bits per heavy atom. The number of benzene rings is 7. The van der Waals surface area contributed by atoms with Crippen LogP contribution in [0.5, 0.6) is 0 Å². The van der Waals surface area contributed by atoms with Crippen molar-refractivity contribution in [3.8, 4) is 33.8 Å². The number of aromatic nitrogens is 3. The Kier molecular flexibility index (Phi) is 5.87. The van der Waals surface area contributed by atoms with Crippen LogP contribution in [0.2, 0.25) is 0 Å². The van der Waals surface area contributed by atoms with Gasteiger partial charge in [0.15, 0.2) is 0 Å². The highest BCUT2D eigenvalue weighted by Gasteiger charge is 2.12. The Bertz CT molecular complexity index is 2910. The lowest BCUT2D eigenvalue weighted by Crippen LogP contribution is -1.91. The molecule has 3 heterocycles. The first kappa shape index (κ1) is 26.7. The van der Waals surface area contributed by atoms with E-state index in [1.165, 1.54) is 26.9 Å². The molecule has 10 rings (SSSR count). The van der Waals surface area contributed by atoms with E-state index in [0.29, 0.717) is 0 Å². The van der Waals surface area contributed by atoms with Crippen LogP contribution in [0.25, 0.3) is 98.8 Å². The summed E-state index contributed by atoms with van der Waals surface area (Å²) in [6.45, 7) is 0. The fourth-order valence-electron chi connectivity index (χ4n) is 7.17. The van der Waals surface area contributed by atoms with Crippen LogP contribution in [0.3, 0.4) is 0 Å². The lowest BCUT2D eigenvalue weighted by Gasteiger charge is -2.12. The average Bonchev–Trinajstić information content (AvgIpc) is 3.16. The molecule has 0 aliphatic heterocycles. The van der Waals surface area contributed by atoms with Gasteiger partial charge in [-0.3, -0.25) is 0 Å². The van der Waals surface area contributed by atoms with Gasteiger partial charge in [0.2, 0.25) is 0 Å². The molecule has 222 valence electrons. The van der Waals surface area contributed by atoms with Crippen LogP contribution in [0, 0.1) is 0 Å². The largest absolute Gasteiger partial charge is 0.248 e. The molecule has 3 heteroatoms. The maximum Gasteiger partial charge on any atom is 0.0894 e. The molecule has 0 radical (unpaired) electrons. The second-order valence-corrected chi connectivity index (χ2v) is 12.5. The predicted octanol–water partition coefficient (Wildman–Crippen LogP) is 11.8. The second-order valence-electron chi connectivity index (χ2n) is 12.5. The normalized spacial score (nSPS) is 11.8. The Balaban J connectivity index is 1.000. The maximum absolute atomic E-state index is 5.15. The Labute approximate surface area is 276 Å². The molecule has 7 aromatic carbocycles. The molecule has 0 bridgehead atoms. The van der Waals surface area contributed by atoms with Gasteiger partial charge in [-0.05, 0) is 86.6 Å². The third-order valence-corrected chi connectivity index (χ3v) is 9.60. The Morgan fingerprint density at radius 2 is 0.812 bits per heavy atom. The molecule has 0 spiro atoms. The molecule has 0 unspecified atom stereocenters. The summed E-state index contributed by atoms with van der Waals surface area (Å²) < 4.78 is 0. The monoisotopic (exact) mass is 609 g/mol. The summed E-state index contributed by atoms with van der Waals surface area (Å²) in [5.74, 6) is 0. The van der Waals surface area contributed by atoms with E-state index in [4.69, 9.17) is 15.0 Å². The highest BCUT2D eigenvalue weighted by molar-refractivity contribution is 6.13. The molecule has 10 aromatic rings. The smallest absolute Gasteiger partial charge is 0.0894 e. The van der Waals surface area contributed by atoms with Crippen LogP contribution in [0.1, 0.15) is 0 Å². The number of hydrogen-bond acceptors (Lipinski definition) is 3. The topological polar surface area (TPSA) is 38.7 Å². The SMILES string of the molecule is c1ccc2c(c1)cc(-c1ccc3cc(-c4ccc5nc(-c6ccc7ccc8ccccc8c7n6)ccc5c4)ccc3n1)c1ccccc12. The summed E-state index contributed by atoms with van der Waals surface area (Å²) in [5, 5.41) is 10.7. The van der Waals surface area contributed by atoms with Crippen LogP contribution in [0.4, 0.5) is 0 Å². The summed E-state index contributed by atoms with van der Waals surface area (Å²) in [7, 11) is 0. The standard InChI is InChI=1S/C45H27N3/c1-4-10-36-28(7-1)13-14-29-15-23-44(48-45(29)36)43-24-19-34-26-31(17-21-41(34)47-43)30-16-20-40-33(25-30)18-22-42(46-40)39-27-32-8-2-3-9-35(32)37-11-5-6-12-38(37)39/h1-27H. The maximum atomic E-state index is 5.15. The van der Waals surface area contributed by atoms with Crippen molar-refractivity contribution in [2.75, 3.05) is 0 Å². The third kappa shape index (κ3) is 4.33. The van der Waals surface area contributed by atoms with Crippen LogP contribution in [-0.4, -0.2) is 15.0 Å². The van der Waals surface area contributed by atoms with E-state index in [-0.39, 0.29) is 0 Å². The highest BCUT2D eigenvalue weighted by atomic mass is 14.8. The van der Waals surface area contributed by atoms with Gasteiger partial charge in [-0.25, -0.2) is 15.0 Å². The fourth-order valence-corrected chi connectivity index (χ4v) is 7.17. The second kappa shape index (κ2) is 10.5. The van der Waals surface area contributed by atoms with Crippen molar-refractivity contribution in [3.05, 3.63) is 164 Å². The molecule has 0 atom stereocenters. The van der Waals surface area contributed by atoms with Crippen molar-refractivity contribution in [2.45, 2.75) is 0 Å². The summed E-state index contributed by atoms with van der Waals surface area (Å²) >= 11 is 0. The van der Waals surface area contributed by atoms with Gasteiger partial charge in [-0.2, -0.15) is 0 Å². The van der Waals surface area contributed by atoms with Crippen LogP contribution < -0.4 is 0 Å². The minimum atomic E-state index is 0.872. The van der Waals surface area contributed by atoms with E-state index in [2.05, 4.69) is 164 Å². The first-order valence-electron chi connectivity index (χ1n) is 16.3. The zero-order valence-electron chi connectivity index (χ0n) is 25.9. The van der Waals surface area contributed by atoms with Gasteiger partial charge in [-0.1, -0.05) is 115 Å². The van der Waals surface area contributed by atoms with Crippen molar-refractivity contribution < 1.29 is 0 Å². The van der Waals surface area contributed by atoms with E-state index in [9.17, 15) is 0 Å². The number of hydrogen-bond donors (Lipinski definition) is 0. The average molecular weight is 610 g/mol. The number of nitrogens with zero attached hydrogens (tertiary/aromatic N) is 3. The van der Waals surface area contributed by atoms with Gasteiger partial charge >= 0.3 is 0 Å². The predicted molar refractivity (Wildman–Crippen MR) is 201 cm³/mol. The van der Waals surface area contributed by atoms with Crippen molar-refractivity contribution >= 4 is 65.0 Å². The molecule has 3 aromatic heterocycles. The minimum absolute atomic E-state index is 0.872. The van der Waals surface area contributed by atoms with Crippen LogP contribution in [-0.2, 0) is 0 Å². The summed E-state index contributed by atoms with van der Waals surface area (Å²) in [6.07, 6.45) is 0. The highest BCUT2D eigenvalue weighted by Crippen LogP contribution is 2.36. The zero-order valence-corrected chi connectivity index (χ0v) is 25.9. The fraction of sp³-hybridized carbons (Fsp3) is 0. The zero-order chi connectivity index (χ0) is 31.6. The molecule has 3 nitrogen and oxygen atoms in total. The first-order chi connectivity index (χ1) is 23.7. The number of rotatable bonds is 3. The van der Waals surface area contributed by atoms with Gasteiger partial charge in [0.25, 0.3) is 0 Å². The Hall–Kier alpha value is -6.45. The van der Waals surface area contributed by atoms with Crippen LogP contribution >= 0.6 is 0 Å². The summed E-state index contributed by atoms with van der Waals surface area (Å²) in [5.41, 5.74) is 9.14. The van der Waals surface area contributed by atoms with Gasteiger partial charge in [0.1, 0.15) is 0 Å². The molecule has 0 saturated heterocycles. The summed E-state index contributed by atoms with van der Waals surface area (Å²) in [6, 6.07) is 58.0. The van der Waals surface area contributed by atoms with Gasteiger partial charge in [0.05, 0.1) is 33.6 Å². The number of fused-ring (bicyclic) bond motifs is 8. The molecule has 0 saturated carbocycles. The molecule has 0 amide bonds. The van der Waals surface area contributed by atoms with Gasteiger partial charge < -0.3 is 0 Å². The van der Waals surface area contributed by atoms with Crippen molar-refractivity contribution in [2.24, 2.45) is 0 Å². The lowest BCUT2D eigenvalue weighted by atomic mass is 9.95. The molecule has 0 aliphatic rings.